The lowest BCUT2D eigenvalue weighted by molar-refractivity contribution is 0.618. The summed E-state index contributed by atoms with van der Waals surface area (Å²) in [6, 6.07) is 9.33. The highest BCUT2D eigenvalue weighted by Gasteiger charge is 2.11. The number of anilines is 3. The first-order valence-corrected chi connectivity index (χ1v) is 5.54. The molecule has 2 rings (SSSR count). The topological polar surface area (TPSA) is 29.3 Å². The Hall–Kier alpha value is -2.10. The molecule has 0 aliphatic carbocycles. The summed E-state index contributed by atoms with van der Waals surface area (Å²) in [5, 5.41) is 0. The van der Waals surface area contributed by atoms with Gasteiger partial charge in [0.05, 0.1) is 11.4 Å². The van der Waals surface area contributed by atoms with E-state index in [1.54, 1.807) is 43.1 Å². The number of rotatable bonds is 2. The SMILES string of the molecule is Cc1cc(N(C)c2cccc(F)c2N)ccc1F. The lowest BCUT2D eigenvalue weighted by Gasteiger charge is -2.22. The van der Waals surface area contributed by atoms with Crippen LogP contribution in [0.4, 0.5) is 25.8 Å². The third-order valence-electron chi connectivity index (χ3n) is 2.92. The Labute approximate surface area is 105 Å². The minimum Gasteiger partial charge on any atom is -0.395 e. The molecule has 0 spiro atoms. The lowest BCUT2D eigenvalue weighted by atomic mass is 10.1. The second-order valence-electron chi connectivity index (χ2n) is 4.17. The van der Waals surface area contributed by atoms with Crippen LogP contribution >= 0.6 is 0 Å². The van der Waals surface area contributed by atoms with E-state index in [4.69, 9.17) is 5.73 Å². The molecule has 2 aromatic rings. The summed E-state index contributed by atoms with van der Waals surface area (Å²) in [5.41, 5.74) is 7.63. The average Bonchev–Trinajstić information content (AvgIpc) is 2.35. The van der Waals surface area contributed by atoms with Gasteiger partial charge in [0.1, 0.15) is 11.6 Å². The molecule has 0 radical (unpaired) electrons. The van der Waals surface area contributed by atoms with Crippen LogP contribution in [0.15, 0.2) is 36.4 Å². The van der Waals surface area contributed by atoms with Crippen LogP contribution in [0.25, 0.3) is 0 Å². The molecule has 0 saturated heterocycles. The molecule has 0 amide bonds. The van der Waals surface area contributed by atoms with E-state index < -0.39 is 5.82 Å². The van der Waals surface area contributed by atoms with Crippen molar-refractivity contribution in [3.8, 4) is 0 Å². The first kappa shape index (κ1) is 12.4. The Kier molecular flexibility index (Phi) is 3.19. The maximum atomic E-state index is 13.4. The van der Waals surface area contributed by atoms with Crippen LogP contribution in [0.2, 0.25) is 0 Å². The molecule has 2 nitrogen and oxygen atoms in total. The maximum absolute atomic E-state index is 13.4. The average molecular weight is 248 g/mol. The Balaban J connectivity index is 2.44. The molecule has 18 heavy (non-hydrogen) atoms. The van der Waals surface area contributed by atoms with Crippen LogP contribution in [0, 0.1) is 18.6 Å². The molecular weight excluding hydrogens is 234 g/mol. The number of nitrogens with zero attached hydrogens (tertiary/aromatic N) is 1. The van der Waals surface area contributed by atoms with E-state index in [1.807, 2.05) is 0 Å². The van der Waals surface area contributed by atoms with Crippen molar-refractivity contribution in [2.45, 2.75) is 6.92 Å². The van der Waals surface area contributed by atoms with Crippen LogP contribution in [0.1, 0.15) is 5.56 Å². The van der Waals surface area contributed by atoms with Gasteiger partial charge in [-0.25, -0.2) is 8.78 Å². The van der Waals surface area contributed by atoms with Crippen molar-refractivity contribution in [3.05, 3.63) is 53.6 Å². The number of halogens is 2. The van der Waals surface area contributed by atoms with Crippen molar-refractivity contribution in [3.63, 3.8) is 0 Å². The van der Waals surface area contributed by atoms with Gasteiger partial charge in [-0.3, -0.25) is 0 Å². The number of hydrogen-bond acceptors (Lipinski definition) is 2. The molecule has 0 unspecified atom stereocenters. The van der Waals surface area contributed by atoms with Crippen molar-refractivity contribution < 1.29 is 8.78 Å². The van der Waals surface area contributed by atoms with E-state index in [1.165, 1.54) is 12.1 Å². The number of para-hydroxylation sites is 1. The van der Waals surface area contributed by atoms with E-state index in [-0.39, 0.29) is 11.5 Å². The van der Waals surface area contributed by atoms with E-state index in [2.05, 4.69) is 0 Å². The van der Waals surface area contributed by atoms with Gasteiger partial charge in [-0.15, -0.1) is 0 Å². The van der Waals surface area contributed by atoms with Crippen LogP contribution in [-0.4, -0.2) is 7.05 Å². The zero-order valence-corrected chi connectivity index (χ0v) is 10.2. The largest absolute Gasteiger partial charge is 0.395 e. The van der Waals surface area contributed by atoms with Gasteiger partial charge in [-0.2, -0.15) is 0 Å². The van der Waals surface area contributed by atoms with Gasteiger partial charge in [0, 0.05) is 12.7 Å². The van der Waals surface area contributed by atoms with Crippen molar-refractivity contribution in [1.29, 1.82) is 0 Å². The summed E-state index contributed by atoms with van der Waals surface area (Å²) in [4.78, 5) is 1.73. The van der Waals surface area contributed by atoms with Crippen molar-refractivity contribution in [1.82, 2.24) is 0 Å². The molecule has 0 aliphatic rings. The first-order valence-electron chi connectivity index (χ1n) is 5.54. The zero-order chi connectivity index (χ0) is 13.3. The number of nitrogens with two attached hydrogens (primary N) is 1. The molecular formula is C14H14F2N2. The number of aryl methyl sites for hydroxylation is 1. The van der Waals surface area contributed by atoms with Crippen LogP contribution in [0.3, 0.4) is 0 Å². The highest BCUT2D eigenvalue weighted by atomic mass is 19.1. The summed E-state index contributed by atoms with van der Waals surface area (Å²) >= 11 is 0. The normalized spacial score (nSPS) is 10.4. The molecule has 2 N–H and O–H groups in total. The van der Waals surface area contributed by atoms with Crippen LogP contribution in [-0.2, 0) is 0 Å². The second-order valence-corrected chi connectivity index (χ2v) is 4.17. The standard InChI is InChI=1S/C14H14F2N2/c1-9-8-10(6-7-11(9)15)18(2)13-5-3-4-12(16)14(13)17/h3-8H,17H2,1-2H3. The predicted molar refractivity (Wildman–Crippen MR) is 70.0 cm³/mol. The predicted octanol–water partition coefficient (Wildman–Crippen LogP) is 3.62. The Morgan fingerprint density at radius 3 is 2.44 bits per heavy atom. The number of hydrogen-bond donors (Lipinski definition) is 1. The van der Waals surface area contributed by atoms with Gasteiger partial charge in [0.2, 0.25) is 0 Å². The minimum absolute atomic E-state index is 0.0852. The fourth-order valence-electron chi connectivity index (χ4n) is 1.79. The molecule has 0 aliphatic heterocycles. The van der Waals surface area contributed by atoms with E-state index >= 15 is 0 Å². The molecule has 0 atom stereocenters. The Morgan fingerprint density at radius 2 is 1.78 bits per heavy atom. The summed E-state index contributed by atoms with van der Waals surface area (Å²) in [6.07, 6.45) is 0. The highest BCUT2D eigenvalue weighted by molar-refractivity contribution is 5.74. The maximum Gasteiger partial charge on any atom is 0.148 e. The Morgan fingerprint density at radius 1 is 1.06 bits per heavy atom. The Bertz CT molecular complexity index is 582. The van der Waals surface area contributed by atoms with E-state index in [9.17, 15) is 8.78 Å². The molecule has 0 heterocycles. The lowest BCUT2D eigenvalue weighted by Crippen LogP contribution is -2.12. The summed E-state index contributed by atoms with van der Waals surface area (Å²) in [5.74, 6) is -0.724. The molecule has 2 aromatic carbocycles. The number of benzene rings is 2. The molecule has 4 heteroatoms. The van der Waals surface area contributed by atoms with Gasteiger partial charge in [0.15, 0.2) is 0 Å². The van der Waals surface area contributed by atoms with E-state index in [0.29, 0.717) is 11.3 Å². The number of nitrogen functional groups attached to an aromatic ring is 1. The zero-order valence-electron chi connectivity index (χ0n) is 10.2. The molecule has 0 fully saturated rings. The van der Waals surface area contributed by atoms with Gasteiger partial charge < -0.3 is 10.6 Å². The fourth-order valence-corrected chi connectivity index (χ4v) is 1.79. The smallest absolute Gasteiger partial charge is 0.148 e. The van der Waals surface area contributed by atoms with Gasteiger partial charge >= 0.3 is 0 Å². The summed E-state index contributed by atoms with van der Waals surface area (Å²) in [6.45, 7) is 1.68. The molecule has 0 aromatic heterocycles. The van der Waals surface area contributed by atoms with Crippen molar-refractivity contribution in [2.24, 2.45) is 0 Å². The fraction of sp³-hybridized carbons (Fsp3) is 0.143. The monoisotopic (exact) mass is 248 g/mol. The molecule has 0 saturated carbocycles. The van der Waals surface area contributed by atoms with E-state index in [0.717, 1.165) is 5.69 Å². The third kappa shape index (κ3) is 2.14. The van der Waals surface area contributed by atoms with Crippen LogP contribution in [0.5, 0.6) is 0 Å². The highest BCUT2D eigenvalue weighted by Crippen LogP contribution is 2.31. The summed E-state index contributed by atoms with van der Waals surface area (Å²) < 4.78 is 26.6. The quantitative estimate of drug-likeness (QED) is 0.822. The van der Waals surface area contributed by atoms with Gasteiger partial charge in [-0.1, -0.05) is 6.07 Å². The second kappa shape index (κ2) is 4.64. The summed E-state index contributed by atoms with van der Waals surface area (Å²) in [7, 11) is 1.76. The molecule has 94 valence electrons. The van der Waals surface area contributed by atoms with Gasteiger partial charge in [0.25, 0.3) is 0 Å². The molecule has 0 bridgehead atoms. The van der Waals surface area contributed by atoms with Gasteiger partial charge in [-0.05, 0) is 42.8 Å². The third-order valence-corrected chi connectivity index (χ3v) is 2.92. The van der Waals surface area contributed by atoms with Crippen molar-refractivity contribution >= 4 is 17.1 Å². The minimum atomic E-state index is -0.460. The van der Waals surface area contributed by atoms with Crippen LogP contribution < -0.4 is 10.6 Å². The first-order chi connectivity index (χ1) is 8.50. The van der Waals surface area contributed by atoms with Crippen molar-refractivity contribution in [2.75, 3.05) is 17.7 Å².